The van der Waals surface area contributed by atoms with E-state index in [2.05, 4.69) is 42.6 Å². The number of thiophene rings is 1. The van der Waals surface area contributed by atoms with E-state index >= 15 is 0 Å². The van der Waals surface area contributed by atoms with Crippen LogP contribution < -0.4 is 9.80 Å². The number of anilines is 1. The van der Waals surface area contributed by atoms with E-state index in [4.69, 9.17) is 0 Å². The van der Waals surface area contributed by atoms with Crippen LogP contribution in [0.15, 0.2) is 47.8 Å². The maximum Gasteiger partial charge on any atom is 0.263 e. The SMILES string of the molecule is CC[C@H]1c2ccsc2CC[NH+]1CN1C(=O)c2cccc3cccc1c23. The Morgan fingerprint density at radius 1 is 1.20 bits per heavy atom. The van der Waals surface area contributed by atoms with Gasteiger partial charge in [-0.2, -0.15) is 0 Å². The molecule has 2 atom stereocenters. The molecule has 3 nitrogen and oxygen atoms in total. The Bertz CT molecular complexity index is 972. The maximum absolute atomic E-state index is 13.1. The Kier molecular flexibility index (Phi) is 3.43. The molecule has 1 unspecified atom stereocenters. The van der Waals surface area contributed by atoms with E-state index in [9.17, 15) is 4.79 Å². The lowest BCUT2D eigenvalue weighted by molar-refractivity contribution is -0.932. The third kappa shape index (κ3) is 2.17. The predicted molar refractivity (Wildman–Crippen MR) is 103 cm³/mol. The second-order valence-electron chi connectivity index (χ2n) is 6.99. The fourth-order valence-electron chi connectivity index (χ4n) is 4.57. The van der Waals surface area contributed by atoms with Crippen molar-refractivity contribution >= 4 is 33.7 Å². The lowest BCUT2D eigenvalue weighted by Gasteiger charge is -2.34. The molecule has 25 heavy (non-hydrogen) atoms. The number of rotatable bonds is 3. The van der Waals surface area contributed by atoms with Gasteiger partial charge in [-0.05, 0) is 29.0 Å². The zero-order valence-electron chi connectivity index (χ0n) is 14.3. The number of quaternary nitrogens is 1. The van der Waals surface area contributed by atoms with Crippen LogP contribution in [-0.2, 0) is 6.42 Å². The smallest absolute Gasteiger partial charge is 0.263 e. The van der Waals surface area contributed by atoms with Gasteiger partial charge in [-0.25, -0.2) is 0 Å². The average Bonchev–Trinajstić information content (AvgIpc) is 3.22. The van der Waals surface area contributed by atoms with Crippen molar-refractivity contribution in [2.45, 2.75) is 25.8 Å². The van der Waals surface area contributed by atoms with Crippen molar-refractivity contribution < 1.29 is 9.69 Å². The number of fused-ring (bicyclic) bond motifs is 1. The maximum atomic E-state index is 13.1. The lowest BCUT2D eigenvalue weighted by atomic mass is 9.98. The van der Waals surface area contributed by atoms with Gasteiger partial charge in [-0.3, -0.25) is 9.69 Å². The summed E-state index contributed by atoms with van der Waals surface area (Å²) in [7, 11) is 0. The van der Waals surface area contributed by atoms with Crippen LogP contribution in [0.4, 0.5) is 5.69 Å². The molecule has 4 heteroatoms. The Morgan fingerprint density at radius 2 is 2.04 bits per heavy atom. The Labute approximate surface area is 151 Å². The zero-order chi connectivity index (χ0) is 17.0. The van der Waals surface area contributed by atoms with Gasteiger partial charge in [0.25, 0.3) is 5.91 Å². The van der Waals surface area contributed by atoms with Crippen LogP contribution in [-0.4, -0.2) is 19.1 Å². The average molecular weight is 349 g/mol. The number of nitrogens with zero attached hydrogens (tertiary/aromatic N) is 1. The topological polar surface area (TPSA) is 24.8 Å². The molecule has 1 aromatic heterocycles. The van der Waals surface area contributed by atoms with Crippen LogP contribution in [0.3, 0.4) is 0 Å². The number of hydrogen-bond acceptors (Lipinski definition) is 2. The Balaban J connectivity index is 1.52. The molecule has 0 spiro atoms. The number of nitrogens with one attached hydrogen (secondary N) is 1. The number of benzene rings is 2. The summed E-state index contributed by atoms with van der Waals surface area (Å²) in [6.07, 6.45) is 2.23. The summed E-state index contributed by atoms with van der Waals surface area (Å²) in [5.41, 5.74) is 3.43. The van der Waals surface area contributed by atoms with Crippen LogP contribution in [0.5, 0.6) is 0 Å². The fourth-order valence-corrected chi connectivity index (χ4v) is 5.51. The molecule has 3 aromatic rings. The summed E-state index contributed by atoms with van der Waals surface area (Å²) < 4.78 is 0. The summed E-state index contributed by atoms with van der Waals surface area (Å²) >= 11 is 1.88. The van der Waals surface area contributed by atoms with Gasteiger partial charge in [-0.15, -0.1) is 11.3 Å². The van der Waals surface area contributed by atoms with Gasteiger partial charge in [0, 0.05) is 28.7 Å². The van der Waals surface area contributed by atoms with Crippen molar-refractivity contribution in [3.05, 3.63) is 63.8 Å². The van der Waals surface area contributed by atoms with Gasteiger partial charge in [0.05, 0.1) is 17.8 Å². The number of amides is 1. The largest absolute Gasteiger partial charge is 0.311 e. The molecule has 5 rings (SSSR count). The second-order valence-corrected chi connectivity index (χ2v) is 7.99. The first-order valence-corrected chi connectivity index (χ1v) is 9.90. The molecule has 2 aliphatic heterocycles. The van der Waals surface area contributed by atoms with Crippen LogP contribution in [0.1, 0.15) is 40.2 Å². The van der Waals surface area contributed by atoms with Crippen LogP contribution in [0.25, 0.3) is 10.8 Å². The molecule has 0 saturated heterocycles. The standard InChI is InChI=1S/C21H20N2OS/c1-2-17-15-10-12-25-19(15)9-11-22(17)13-23-18-8-4-6-14-5-3-7-16(20(14)18)21(23)24/h3-8,10,12,17H,2,9,11,13H2,1H3/p+1/t17-/m0/s1. The van der Waals surface area contributed by atoms with Crippen molar-refractivity contribution in [3.8, 4) is 0 Å². The first-order valence-electron chi connectivity index (χ1n) is 9.02. The zero-order valence-corrected chi connectivity index (χ0v) is 15.1. The number of carbonyl (C=O) groups is 1. The van der Waals surface area contributed by atoms with E-state index in [-0.39, 0.29) is 5.91 Å². The minimum atomic E-state index is 0.158. The molecule has 3 heterocycles. The van der Waals surface area contributed by atoms with Gasteiger partial charge >= 0.3 is 0 Å². The minimum Gasteiger partial charge on any atom is -0.311 e. The van der Waals surface area contributed by atoms with Crippen molar-refractivity contribution in [2.24, 2.45) is 0 Å². The Morgan fingerprint density at radius 3 is 2.88 bits per heavy atom. The molecular formula is C21H21N2OS+. The summed E-state index contributed by atoms with van der Waals surface area (Å²) in [4.78, 5) is 18.1. The van der Waals surface area contributed by atoms with E-state index < -0.39 is 0 Å². The van der Waals surface area contributed by atoms with Gasteiger partial charge in [0.15, 0.2) is 6.67 Å². The van der Waals surface area contributed by atoms with Gasteiger partial charge in [0.2, 0.25) is 0 Å². The molecule has 0 bridgehead atoms. The quantitative estimate of drug-likeness (QED) is 0.770. The normalized spacial score (nSPS) is 21.8. The molecule has 126 valence electrons. The number of carbonyl (C=O) groups excluding carboxylic acids is 1. The molecular weight excluding hydrogens is 328 g/mol. The Hall–Kier alpha value is -2.17. The highest BCUT2D eigenvalue weighted by Crippen LogP contribution is 2.36. The lowest BCUT2D eigenvalue weighted by Crippen LogP contribution is -3.15. The van der Waals surface area contributed by atoms with Gasteiger partial charge in [-0.1, -0.05) is 31.2 Å². The summed E-state index contributed by atoms with van der Waals surface area (Å²) in [6, 6.07) is 15.1. The highest BCUT2D eigenvalue weighted by atomic mass is 32.1. The summed E-state index contributed by atoms with van der Waals surface area (Å²) in [5, 5.41) is 4.50. The summed E-state index contributed by atoms with van der Waals surface area (Å²) in [6.45, 7) is 4.11. The molecule has 2 aliphatic rings. The van der Waals surface area contributed by atoms with Crippen molar-refractivity contribution in [2.75, 3.05) is 18.1 Å². The number of hydrogen-bond donors (Lipinski definition) is 1. The van der Waals surface area contributed by atoms with E-state index in [0.29, 0.717) is 6.04 Å². The third-order valence-corrected chi connectivity index (χ3v) is 6.74. The fraction of sp³-hybridized carbons (Fsp3) is 0.286. The molecule has 0 aliphatic carbocycles. The minimum absolute atomic E-state index is 0.158. The molecule has 0 saturated carbocycles. The highest BCUT2D eigenvalue weighted by molar-refractivity contribution is 7.10. The molecule has 0 fully saturated rings. The highest BCUT2D eigenvalue weighted by Gasteiger charge is 2.36. The van der Waals surface area contributed by atoms with Crippen LogP contribution in [0.2, 0.25) is 0 Å². The van der Waals surface area contributed by atoms with E-state index in [1.807, 2.05) is 28.4 Å². The third-order valence-electron chi connectivity index (χ3n) is 5.74. The van der Waals surface area contributed by atoms with E-state index in [1.54, 1.807) is 0 Å². The molecule has 2 aromatic carbocycles. The van der Waals surface area contributed by atoms with E-state index in [1.165, 1.54) is 15.3 Å². The van der Waals surface area contributed by atoms with E-state index in [0.717, 1.165) is 48.1 Å². The molecule has 1 N–H and O–H groups in total. The predicted octanol–water partition coefficient (Wildman–Crippen LogP) is 3.41. The first kappa shape index (κ1) is 15.1. The molecule has 0 radical (unpaired) electrons. The van der Waals surface area contributed by atoms with Crippen molar-refractivity contribution in [3.63, 3.8) is 0 Å². The second kappa shape index (κ2) is 5.68. The van der Waals surface area contributed by atoms with Crippen LogP contribution >= 0.6 is 11.3 Å². The first-order chi connectivity index (χ1) is 12.3. The van der Waals surface area contributed by atoms with Gasteiger partial charge < -0.3 is 4.90 Å². The van der Waals surface area contributed by atoms with Crippen LogP contribution in [0, 0.1) is 0 Å². The van der Waals surface area contributed by atoms with Crippen molar-refractivity contribution in [1.29, 1.82) is 0 Å². The van der Waals surface area contributed by atoms with Crippen molar-refractivity contribution in [1.82, 2.24) is 0 Å². The monoisotopic (exact) mass is 349 g/mol. The van der Waals surface area contributed by atoms with Gasteiger partial charge in [0.1, 0.15) is 6.04 Å². The summed E-state index contributed by atoms with van der Waals surface area (Å²) in [5.74, 6) is 0.158. The molecule has 1 amide bonds.